The Hall–Kier alpha value is -0.880. The molecule has 0 radical (unpaired) electrons. The maximum Gasteiger partial charge on any atom is 0.155 e. The van der Waals surface area contributed by atoms with E-state index in [1.165, 1.54) is 0 Å². The summed E-state index contributed by atoms with van der Waals surface area (Å²) in [5, 5.41) is 18.9. The van der Waals surface area contributed by atoms with E-state index >= 15 is 0 Å². The average Bonchev–Trinajstić information content (AvgIpc) is 2.17. The molecule has 0 amide bonds. The Morgan fingerprint density at radius 1 is 0.857 bits per heavy atom. The molecule has 0 aliphatic carbocycles. The first-order valence-corrected chi connectivity index (χ1v) is 4.96. The van der Waals surface area contributed by atoms with Gasteiger partial charge in [-0.15, -0.1) is 0 Å². The van der Waals surface area contributed by atoms with Gasteiger partial charge in [0.1, 0.15) is 11.5 Å². The smallest absolute Gasteiger partial charge is 0.155 e. The monoisotopic (exact) mass is 322 g/mol. The van der Waals surface area contributed by atoms with Crippen LogP contribution in [-0.4, -0.2) is 22.8 Å². The highest BCUT2D eigenvalue weighted by Gasteiger charge is 2.19. The van der Waals surface area contributed by atoms with Crippen molar-refractivity contribution in [2.45, 2.75) is 0 Å². The minimum atomic E-state index is -0.383. The summed E-state index contributed by atoms with van der Waals surface area (Å²) in [6, 6.07) is 0. The van der Waals surface area contributed by atoms with Crippen LogP contribution in [0.5, 0.6) is 11.5 Å². The van der Waals surface area contributed by atoms with Gasteiger partial charge in [0.2, 0.25) is 0 Å². The van der Waals surface area contributed by atoms with Crippen molar-refractivity contribution in [1.82, 2.24) is 0 Å². The molecule has 0 spiro atoms. The molecule has 0 fully saturated rings. The van der Waals surface area contributed by atoms with Crippen LogP contribution in [0, 0.1) is 0 Å². The van der Waals surface area contributed by atoms with Crippen molar-refractivity contribution in [3.05, 3.63) is 20.1 Å². The third kappa shape index (κ3) is 1.55. The van der Waals surface area contributed by atoms with Crippen LogP contribution in [0.2, 0.25) is 0 Å². The molecule has 2 N–H and O–H groups in total. The molecular formula is C8H4Br2O4. The van der Waals surface area contributed by atoms with E-state index in [4.69, 9.17) is 0 Å². The minimum absolute atomic E-state index is 0.00435. The molecule has 0 saturated carbocycles. The van der Waals surface area contributed by atoms with Gasteiger partial charge in [0.25, 0.3) is 0 Å². The lowest BCUT2D eigenvalue weighted by Gasteiger charge is -2.08. The van der Waals surface area contributed by atoms with Gasteiger partial charge in [-0.25, -0.2) is 0 Å². The van der Waals surface area contributed by atoms with Crippen molar-refractivity contribution in [2.24, 2.45) is 0 Å². The molecule has 0 aliphatic rings. The van der Waals surface area contributed by atoms with E-state index in [9.17, 15) is 19.8 Å². The molecule has 0 aromatic heterocycles. The van der Waals surface area contributed by atoms with Gasteiger partial charge in [-0.05, 0) is 31.9 Å². The van der Waals surface area contributed by atoms with Crippen LogP contribution in [0.25, 0.3) is 0 Å². The number of carbonyl (C=O) groups excluding carboxylic acids is 2. The Morgan fingerprint density at radius 2 is 1.14 bits per heavy atom. The number of hydrogen-bond acceptors (Lipinski definition) is 4. The number of hydrogen-bond donors (Lipinski definition) is 2. The van der Waals surface area contributed by atoms with Crippen LogP contribution in [-0.2, 0) is 0 Å². The second-order valence-corrected chi connectivity index (χ2v) is 3.97. The quantitative estimate of drug-likeness (QED) is 0.646. The Kier molecular flexibility index (Phi) is 3.28. The zero-order chi connectivity index (χ0) is 10.9. The zero-order valence-electron chi connectivity index (χ0n) is 6.62. The van der Waals surface area contributed by atoms with Crippen LogP contribution in [0.3, 0.4) is 0 Å². The van der Waals surface area contributed by atoms with Gasteiger partial charge >= 0.3 is 0 Å². The third-order valence-corrected chi connectivity index (χ3v) is 3.24. The SMILES string of the molecule is O=Cc1c(O)c(Br)c(C=O)c(O)c1Br. The highest BCUT2D eigenvalue weighted by atomic mass is 79.9. The van der Waals surface area contributed by atoms with E-state index in [1.54, 1.807) is 0 Å². The summed E-state index contributed by atoms with van der Waals surface area (Å²) in [5.41, 5.74) is -0.222. The largest absolute Gasteiger partial charge is 0.506 e. The summed E-state index contributed by atoms with van der Waals surface area (Å²) in [6.07, 6.45) is 0.747. The number of carbonyl (C=O) groups is 2. The molecule has 0 heterocycles. The van der Waals surface area contributed by atoms with Crippen LogP contribution >= 0.6 is 31.9 Å². The van der Waals surface area contributed by atoms with E-state index in [1.807, 2.05) is 0 Å². The third-order valence-electron chi connectivity index (χ3n) is 1.63. The normalized spacial score (nSPS) is 9.86. The lowest BCUT2D eigenvalue weighted by Crippen LogP contribution is -1.92. The van der Waals surface area contributed by atoms with Crippen LogP contribution < -0.4 is 0 Å². The van der Waals surface area contributed by atoms with Crippen molar-refractivity contribution in [3.63, 3.8) is 0 Å². The first-order chi connectivity index (χ1) is 6.54. The number of rotatable bonds is 2. The van der Waals surface area contributed by atoms with E-state index in [2.05, 4.69) is 31.9 Å². The number of phenolic OH excluding ortho intramolecular Hbond substituents is 2. The average molecular weight is 324 g/mol. The number of benzene rings is 1. The summed E-state index contributed by atoms with van der Waals surface area (Å²) in [5.74, 6) is -0.765. The topological polar surface area (TPSA) is 74.6 Å². The highest BCUT2D eigenvalue weighted by Crippen LogP contribution is 2.42. The van der Waals surface area contributed by atoms with Gasteiger partial charge in [0, 0.05) is 0 Å². The Morgan fingerprint density at radius 3 is 1.36 bits per heavy atom. The lowest BCUT2D eigenvalue weighted by molar-refractivity contribution is 0.110. The molecule has 0 bridgehead atoms. The predicted octanol–water partition coefficient (Wildman–Crippen LogP) is 2.25. The summed E-state index contributed by atoms with van der Waals surface area (Å²) in [4.78, 5) is 21.1. The summed E-state index contributed by atoms with van der Waals surface area (Å²) in [7, 11) is 0. The van der Waals surface area contributed by atoms with E-state index in [0.29, 0.717) is 12.6 Å². The number of aldehydes is 2. The van der Waals surface area contributed by atoms with Crippen molar-refractivity contribution in [1.29, 1.82) is 0 Å². The molecule has 0 atom stereocenters. The van der Waals surface area contributed by atoms with Crippen LogP contribution in [0.15, 0.2) is 8.95 Å². The zero-order valence-corrected chi connectivity index (χ0v) is 9.79. The molecular weight excluding hydrogens is 320 g/mol. The first kappa shape index (κ1) is 11.2. The van der Waals surface area contributed by atoms with Crippen LogP contribution in [0.4, 0.5) is 0 Å². The predicted molar refractivity (Wildman–Crippen MR) is 55.9 cm³/mol. The molecule has 0 unspecified atom stereocenters. The van der Waals surface area contributed by atoms with Crippen molar-refractivity contribution in [2.75, 3.05) is 0 Å². The molecule has 1 aromatic carbocycles. The Labute approximate surface area is 95.8 Å². The Bertz CT molecular complexity index is 346. The van der Waals surface area contributed by atoms with Gasteiger partial charge in [-0.3, -0.25) is 9.59 Å². The fourth-order valence-corrected chi connectivity index (χ4v) is 1.90. The summed E-state index contributed by atoms with van der Waals surface area (Å²) in [6.45, 7) is 0. The molecule has 1 aromatic rings. The standard InChI is InChI=1S/C8H4Br2O4/c9-5-3(1-11)7(13)6(10)4(2-12)8(5)14/h1-2,13-14H. The van der Waals surface area contributed by atoms with Gasteiger partial charge in [-0.2, -0.15) is 0 Å². The maximum absolute atomic E-state index is 10.5. The van der Waals surface area contributed by atoms with Crippen molar-refractivity contribution < 1.29 is 19.8 Å². The van der Waals surface area contributed by atoms with Crippen LogP contribution in [0.1, 0.15) is 20.7 Å². The van der Waals surface area contributed by atoms with Gasteiger partial charge < -0.3 is 10.2 Å². The number of aromatic hydroxyl groups is 2. The summed E-state index contributed by atoms with van der Waals surface area (Å²) >= 11 is 5.79. The highest BCUT2D eigenvalue weighted by molar-refractivity contribution is 9.11. The minimum Gasteiger partial charge on any atom is -0.506 e. The second-order valence-electron chi connectivity index (χ2n) is 2.39. The van der Waals surface area contributed by atoms with E-state index in [-0.39, 0.29) is 31.6 Å². The molecule has 6 heteroatoms. The maximum atomic E-state index is 10.5. The molecule has 4 nitrogen and oxygen atoms in total. The lowest BCUT2D eigenvalue weighted by atomic mass is 10.1. The van der Waals surface area contributed by atoms with Crippen molar-refractivity contribution in [3.8, 4) is 11.5 Å². The van der Waals surface area contributed by atoms with E-state index < -0.39 is 0 Å². The molecule has 14 heavy (non-hydrogen) atoms. The molecule has 1 rings (SSSR count). The fraction of sp³-hybridized carbons (Fsp3) is 0. The number of halogens is 2. The summed E-state index contributed by atoms with van der Waals surface area (Å²) < 4.78 is -0.00870. The first-order valence-electron chi connectivity index (χ1n) is 3.37. The van der Waals surface area contributed by atoms with Gasteiger partial charge in [0.15, 0.2) is 12.6 Å². The molecule has 0 aliphatic heterocycles. The van der Waals surface area contributed by atoms with E-state index in [0.717, 1.165) is 0 Å². The molecule has 0 saturated heterocycles. The fourth-order valence-electron chi connectivity index (χ4n) is 0.915. The van der Waals surface area contributed by atoms with Gasteiger partial charge in [0.05, 0.1) is 20.1 Å². The Balaban J connectivity index is 3.71. The van der Waals surface area contributed by atoms with Crippen molar-refractivity contribution >= 4 is 44.4 Å². The second kappa shape index (κ2) is 4.10. The van der Waals surface area contributed by atoms with Gasteiger partial charge in [-0.1, -0.05) is 0 Å². The molecule has 74 valence electrons. The number of phenols is 2.